The minimum atomic E-state index is -4.09. The van der Waals surface area contributed by atoms with Crippen molar-refractivity contribution in [1.29, 1.82) is 0 Å². The summed E-state index contributed by atoms with van der Waals surface area (Å²) in [6.45, 7) is 6.25. The Labute approximate surface area is 162 Å². The molecule has 156 valence electrons. The molecule has 1 unspecified atom stereocenters. The molecular formula is C16H24N4O7S. The molecular weight excluding hydrogens is 392 g/mol. The molecule has 1 heterocycles. The van der Waals surface area contributed by atoms with Crippen molar-refractivity contribution in [2.45, 2.75) is 31.3 Å². The highest BCUT2D eigenvalue weighted by molar-refractivity contribution is 7.89. The highest BCUT2D eigenvalue weighted by Crippen LogP contribution is 2.38. The van der Waals surface area contributed by atoms with Crippen LogP contribution in [0.5, 0.6) is 0 Å². The van der Waals surface area contributed by atoms with E-state index in [0.29, 0.717) is 0 Å². The van der Waals surface area contributed by atoms with E-state index in [2.05, 4.69) is 5.32 Å². The topological polar surface area (TPSA) is 165 Å². The van der Waals surface area contributed by atoms with Crippen molar-refractivity contribution in [2.24, 2.45) is 10.6 Å². The Morgan fingerprint density at radius 2 is 2.11 bits per heavy atom. The van der Waals surface area contributed by atoms with Gasteiger partial charge in [0.05, 0.1) is 23.0 Å². The smallest absolute Gasteiger partial charge is 0.407 e. The Kier molecular flexibility index (Phi) is 5.87. The second-order valence-electron chi connectivity index (χ2n) is 7.63. The van der Waals surface area contributed by atoms with Crippen LogP contribution in [0.3, 0.4) is 0 Å². The molecule has 11 nitrogen and oxygen atoms in total. The van der Waals surface area contributed by atoms with E-state index in [-0.39, 0.29) is 36.8 Å². The van der Waals surface area contributed by atoms with E-state index in [4.69, 9.17) is 9.88 Å². The number of sulfonamides is 1. The molecule has 28 heavy (non-hydrogen) atoms. The average molecular weight is 416 g/mol. The maximum absolute atomic E-state index is 11.5. The number of nitrogens with one attached hydrogen (secondary N) is 1. The monoisotopic (exact) mass is 416 g/mol. The molecule has 0 aliphatic carbocycles. The van der Waals surface area contributed by atoms with Crippen LogP contribution in [-0.2, 0) is 14.8 Å². The van der Waals surface area contributed by atoms with Gasteiger partial charge in [0.15, 0.2) is 0 Å². The van der Waals surface area contributed by atoms with Gasteiger partial charge in [0, 0.05) is 19.2 Å². The predicted molar refractivity (Wildman–Crippen MR) is 101 cm³/mol. The highest BCUT2D eigenvalue weighted by Gasteiger charge is 2.47. The summed E-state index contributed by atoms with van der Waals surface area (Å²) in [5.74, 6) is 0. The van der Waals surface area contributed by atoms with Crippen LogP contribution in [0.25, 0.3) is 0 Å². The van der Waals surface area contributed by atoms with Crippen molar-refractivity contribution < 1.29 is 28.0 Å². The van der Waals surface area contributed by atoms with Crippen molar-refractivity contribution in [2.75, 3.05) is 31.6 Å². The van der Waals surface area contributed by atoms with E-state index >= 15 is 0 Å². The molecule has 0 radical (unpaired) electrons. The third kappa shape index (κ3) is 4.51. The number of ether oxygens (including phenoxy) is 1. The second-order valence-corrected chi connectivity index (χ2v) is 9.19. The zero-order valence-corrected chi connectivity index (χ0v) is 16.7. The number of benzene rings is 1. The molecule has 1 aromatic carbocycles. The summed E-state index contributed by atoms with van der Waals surface area (Å²) >= 11 is 0. The summed E-state index contributed by atoms with van der Waals surface area (Å²) in [5, 5.41) is 28.7. The molecule has 4 N–H and O–H groups in total. The number of morpholine rings is 1. The molecule has 0 aromatic heterocycles. The fourth-order valence-electron chi connectivity index (χ4n) is 3.00. The number of primary sulfonamides is 1. The fraction of sp³-hybridized carbons (Fsp3) is 0.562. The number of hydrogen-bond acceptors (Lipinski definition) is 7. The summed E-state index contributed by atoms with van der Waals surface area (Å²) in [5.41, 5.74) is -1.82. The van der Waals surface area contributed by atoms with Gasteiger partial charge in [0.1, 0.15) is 11.3 Å². The molecule has 1 aliphatic heterocycles. The van der Waals surface area contributed by atoms with Crippen molar-refractivity contribution in [1.82, 2.24) is 4.90 Å². The lowest BCUT2D eigenvalue weighted by molar-refractivity contribution is -0.384. The molecule has 0 saturated carbocycles. The Balaban J connectivity index is 2.36. The molecule has 1 atom stereocenters. The Morgan fingerprint density at radius 3 is 2.61 bits per heavy atom. The quantitative estimate of drug-likeness (QED) is 0.479. The maximum Gasteiger partial charge on any atom is 0.407 e. The number of nitro benzene ring substituents is 1. The van der Waals surface area contributed by atoms with Gasteiger partial charge in [-0.05, 0) is 17.5 Å². The lowest BCUT2D eigenvalue weighted by Crippen LogP contribution is -2.62. The van der Waals surface area contributed by atoms with Crippen LogP contribution in [0.1, 0.15) is 20.8 Å². The Morgan fingerprint density at radius 1 is 1.46 bits per heavy atom. The molecule has 1 amide bonds. The molecule has 0 spiro atoms. The summed E-state index contributed by atoms with van der Waals surface area (Å²) in [6, 6.07) is 3.30. The number of carboxylic acid groups (broad SMARTS) is 1. The maximum atomic E-state index is 11.5. The molecule has 1 fully saturated rings. The fourth-order valence-corrected chi connectivity index (χ4v) is 3.53. The number of rotatable bonds is 5. The van der Waals surface area contributed by atoms with E-state index in [1.807, 2.05) is 20.8 Å². The van der Waals surface area contributed by atoms with Crippen LogP contribution in [0.15, 0.2) is 23.1 Å². The van der Waals surface area contributed by atoms with E-state index in [1.165, 1.54) is 17.0 Å². The van der Waals surface area contributed by atoms with Crippen LogP contribution < -0.4 is 10.5 Å². The van der Waals surface area contributed by atoms with Crippen LogP contribution in [-0.4, -0.2) is 61.3 Å². The first-order chi connectivity index (χ1) is 12.8. The molecule has 1 aromatic rings. The first-order valence-corrected chi connectivity index (χ1v) is 9.98. The van der Waals surface area contributed by atoms with Gasteiger partial charge in [0.2, 0.25) is 10.0 Å². The molecule has 2 rings (SSSR count). The number of nitrogens with two attached hydrogens (primary N) is 1. The normalized spacial score (nSPS) is 20.6. The minimum Gasteiger partial charge on any atom is -0.465 e. The summed E-state index contributed by atoms with van der Waals surface area (Å²) < 4.78 is 28.9. The first-order valence-electron chi connectivity index (χ1n) is 8.44. The highest BCUT2D eigenvalue weighted by atomic mass is 32.2. The Bertz CT molecular complexity index is 881. The van der Waals surface area contributed by atoms with Crippen LogP contribution in [0.4, 0.5) is 16.2 Å². The number of nitro groups is 1. The molecule has 12 heteroatoms. The van der Waals surface area contributed by atoms with E-state index < -0.39 is 37.7 Å². The lowest BCUT2D eigenvalue weighted by atomic mass is 9.75. The van der Waals surface area contributed by atoms with Gasteiger partial charge in [-0.15, -0.1) is 0 Å². The molecule has 1 saturated heterocycles. The van der Waals surface area contributed by atoms with Gasteiger partial charge in [-0.3, -0.25) is 10.1 Å². The summed E-state index contributed by atoms with van der Waals surface area (Å²) in [4.78, 5) is 22.9. The average Bonchev–Trinajstić information content (AvgIpc) is 2.58. The van der Waals surface area contributed by atoms with Crippen LogP contribution >= 0.6 is 0 Å². The SMILES string of the molecule is CC(C)(C)C1(CNc2ccc(S(N)(=O)=O)cc2[N+](=O)[O-])CN(C(=O)O)CCO1. The van der Waals surface area contributed by atoms with Crippen LogP contribution in [0.2, 0.25) is 0 Å². The van der Waals surface area contributed by atoms with E-state index in [0.717, 1.165) is 6.07 Å². The van der Waals surface area contributed by atoms with Crippen molar-refractivity contribution in [3.63, 3.8) is 0 Å². The molecule has 0 bridgehead atoms. The third-order valence-electron chi connectivity index (χ3n) is 4.88. The number of carbonyl (C=O) groups is 1. The van der Waals surface area contributed by atoms with Crippen molar-refractivity contribution >= 4 is 27.5 Å². The number of nitrogens with zero attached hydrogens (tertiary/aromatic N) is 2. The van der Waals surface area contributed by atoms with Crippen molar-refractivity contribution in [3.05, 3.63) is 28.3 Å². The first kappa shape index (κ1) is 21.9. The van der Waals surface area contributed by atoms with Gasteiger partial charge in [-0.1, -0.05) is 20.8 Å². The minimum absolute atomic E-state index is 0.0792. The van der Waals surface area contributed by atoms with Gasteiger partial charge in [-0.25, -0.2) is 18.4 Å². The molecule has 1 aliphatic rings. The van der Waals surface area contributed by atoms with Gasteiger partial charge >= 0.3 is 6.09 Å². The van der Waals surface area contributed by atoms with Crippen molar-refractivity contribution in [3.8, 4) is 0 Å². The Hall–Kier alpha value is -2.44. The summed E-state index contributed by atoms with van der Waals surface area (Å²) in [6.07, 6.45) is -1.07. The lowest BCUT2D eigenvalue weighted by Gasteiger charge is -2.49. The predicted octanol–water partition coefficient (Wildman–Crippen LogP) is 1.45. The third-order valence-corrected chi connectivity index (χ3v) is 5.79. The van der Waals surface area contributed by atoms with E-state index in [9.17, 15) is 28.4 Å². The largest absolute Gasteiger partial charge is 0.465 e. The summed E-state index contributed by atoms with van der Waals surface area (Å²) in [7, 11) is -4.09. The van der Waals surface area contributed by atoms with Gasteiger partial charge < -0.3 is 20.1 Å². The number of hydrogen-bond donors (Lipinski definition) is 3. The van der Waals surface area contributed by atoms with E-state index in [1.54, 1.807) is 0 Å². The second kappa shape index (κ2) is 7.53. The van der Waals surface area contributed by atoms with Gasteiger partial charge in [0.25, 0.3) is 5.69 Å². The zero-order valence-electron chi connectivity index (χ0n) is 15.8. The number of anilines is 1. The van der Waals surface area contributed by atoms with Crippen LogP contribution in [0, 0.1) is 15.5 Å². The standard InChI is InChI=1S/C16H24N4O7S/c1-15(2,3)16(10-19(14(21)22)6-7-27-16)9-18-12-5-4-11(28(17,25)26)8-13(12)20(23)24/h4-5,8,18H,6-7,9-10H2,1-3H3,(H,21,22)(H2,17,25,26). The zero-order chi connectivity index (χ0) is 21.3. The number of amides is 1. The van der Waals surface area contributed by atoms with Gasteiger partial charge in [-0.2, -0.15) is 0 Å².